The Labute approximate surface area is 226 Å². The van der Waals surface area contributed by atoms with Crippen LogP contribution in [-0.2, 0) is 7.05 Å². The second-order valence-corrected chi connectivity index (χ2v) is 10.1. The van der Waals surface area contributed by atoms with Gasteiger partial charge in [-0.15, -0.1) is 0 Å². The highest BCUT2D eigenvalue weighted by molar-refractivity contribution is 6.10. The molecule has 0 saturated carbocycles. The fourth-order valence-electron chi connectivity index (χ4n) is 5.92. The van der Waals surface area contributed by atoms with Crippen LogP contribution in [0.25, 0.3) is 66.6 Å². The second-order valence-electron chi connectivity index (χ2n) is 10.1. The summed E-state index contributed by atoms with van der Waals surface area (Å²) in [5.41, 5.74) is 10.3. The minimum absolute atomic E-state index is 0.910. The molecule has 0 aliphatic carbocycles. The summed E-state index contributed by atoms with van der Waals surface area (Å²) < 4.78 is 8.48. The second kappa shape index (κ2) is 8.44. The van der Waals surface area contributed by atoms with Crippen LogP contribution in [-0.4, -0.2) is 9.55 Å². The zero-order valence-corrected chi connectivity index (χ0v) is 21.4. The van der Waals surface area contributed by atoms with Gasteiger partial charge >= 0.3 is 0 Å². The molecular weight excluding hydrogens is 476 g/mol. The number of hydrogen-bond donors (Lipinski definition) is 0. The third-order valence-electron chi connectivity index (χ3n) is 7.82. The molecule has 0 N–H and O–H groups in total. The molecule has 0 unspecified atom stereocenters. The highest BCUT2D eigenvalue weighted by Gasteiger charge is 2.21. The smallest absolute Gasteiger partial charge is 0.140 e. The van der Waals surface area contributed by atoms with Crippen LogP contribution in [0.1, 0.15) is 0 Å². The highest BCUT2D eigenvalue weighted by atomic mass is 16.5. The molecule has 0 saturated heterocycles. The van der Waals surface area contributed by atoms with Crippen molar-refractivity contribution in [2.45, 2.75) is 0 Å². The van der Waals surface area contributed by atoms with Crippen molar-refractivity contribution < 1.29 is 4.74 Å². The van der Waals surface area contributed by atoms with Gasteiger partial charge in [-0.05, 0) is 63.5 Å². The van der Waals surface area contributed by atoms with Gasteiger partial charge in [0.15, 0.2) is 0 Å². The van der Waals surface area contributed by atoms with E-state index in [0.717, 1.165) is 45.0 Å². The van der Waals surface area contributed by atoms with E-state index in [4.69, 9.17) is 9.72 Å². The summed E-state index contributed by atoms with van der Waals surface area (Å²) in [4.78, 5) is 4.99. The molecule has 0 spiro atoms. The van der Waals surface area contributed by atoms with Gasteiger partial charge in [0.05, 0.1) is 11.0 Å². The lowest BCUT2D eigenvalue weighted by molar-refractivity contribution is 0.487. The molecule has 6 aromatic carbocycles. The SMILES string of the molecule is Cn1c(-c2ccccc2)nc2cc(-c3cccc(-c4ccc5c6c(cccc46)-c4ccccc4O5)c3)ccc21. The van der Waals surface area contributed by atoms with E-state index in [9.17, 15) is 0 Å². The van der Waals surface area contributed by atoms with Gasteiger partial charge < -0.3 is 9.30 Å². The maximum absolute atomic E-state index is 6.31. The Morgan fingerprint density at radius 2 is 1.28 bits per heavy atom. The van der Waals surface area contributed by atoms with Crippen LogP contribution in [0, 0.1) is 0 Å². The molecule has 0 radical (unpaired) electrons. The minimum Gasteiger partial charge on any atom is -0.456 e. The van der Waals surface area contributed by atoms with Crippen molar-refractivity contribution in [1.82, 2.24) is 9.55 Å². The van der Waals surface area contributed by atoms with Crippen molar-refractivity contribution in [3.63, 3.8) is 0 Å². The van der Waals surface area contributed by atoms with Crippen LogP contribution in [0.15, 0.2) is 127 Å². The number of aromatic nitrogens is 2. The molecule has 0 amide bonds. The van der Waals surface area contributed by atoms with E-state index in [0.29, 0.717) is 0 Å². The average molecular weight is 501 g/mol. The summed E-state index contributed by atoms with van der Waals surface area (Å²) in [6.07, 6.45) is 0. The third kappa shape index (κ3) is 3.40. The van der Waals surface area contributed by atoms with Gasteiger partial charge in [0, 0.05) is 23.6 Å². The molecule has 0 atom stereocenters. The zero-order valence-electron chi connectivity index (χ0n) is 21.4. The fourth-order valence-corrected chi connectivity index (χ4v) is 5.92. The molecular formula is C36H24N2O. The lowest BCUT2D eigenvalue weighted by Crippen LogP contribution is -1.97. The molecule has 1 aliphatic heterocycles. The first-order chi connectivity index (χ1) is 19.2. The molecule has 8 rings (SSSR count). The number of hydrogen-bond acceptors (Lipinski definition) is 2. The van der Waals surface area contributed by atoms with Gasteiger partial charge in [0.2, 0.25) is 0 Å². The Kier molecular flexibility index (Phi) is 4.74. The van der Waals surface area contributed by atoms with Gasteiger partial charge in [0.1, 0.15) is 17.3 Å². The van der Waals surface area contributed by atoms with Crippen molar-refractivity contribution in [3.8, 4) is 56.3 Å². The van der Waals surface area contributed by atoms with E-state index in [2.05, 4.69) is 121 Å². The molecule has 39 heavy (non-hydrogen) atoms. The Bertz CT molecular complexity index is 2050. The molecule has 0 fully saturated rings. The number of fused-ring (bicyclic) bond motifs is 3. The number of para-hydroxylation sites is 1. The topological polar surface area (TPSA) is 27.1 Å². The van der Waals surface area contributed by atoms with Crippen LogP contribution in [0.4, 0.5) is 0 Å². The summed E-state index contributed by atoms with van der Waals surface area (Å²) in [6.45, 7) is 0. The van der Waals surface area contributed by atoms with Crippen LogP contribution in [0.2, 0.25) is 0 Å². The predicted molar refractivity (Wildman–Crippen MR) is 160 cm³/mol. The van der Waals surface area contributed by atoms with E-state index in [1.54, 1.807) is 0 Å². The van der Waals surface area contributed by atoms with E-state index in [1.807, 2.05) is 18.2 Å². The molecule has 0 bridgehead atoms. The van der Waals surface area contributed by atoms with E-state index >= 15 is 0 Å². The number of imidazole rings is 1. The number of nitrogens with zero attached hydrogens (tertiary/aromatic N) is 2. The maximum atomic E-state index is 6.31. The third-order valence-corrected chi connectivity index (χ3v) is 7.82. The molecule has 184 valence electrons. The monoisotopic (exact) mass is 500 g/mol. The predicted octanol–water partition coefficient (Wildman–Crippen LogP) is 9.50. The molecule has 1 aromatic heterocycles. The standard InChI is InChI=1S/C36H24N2O/c1-38-32-19-17-25(22-31(32)37-36(38)23-9-3-2-4-10-23)24-11-7-12-26(21-24)27-18-20-34-35-29(27)14-8-15-30(35)28-13-5-6-16-33(28)39-34/h2-22H,1H3. The number of benzene rings is 6. The quantitative estimate of drug-likeness (QED) is 0.241. The number of ether oxygens (including phenoxy) is 1. The summed E-state index contributed by atoms with van der Waals surface area (Å²) >= 11 is 0. The van der Waals surface area contributed by atoms with Crippen LogP contribution in [0.3, 0.4) is 0 Å². The highest BCUT2D eigenvalue weighted by Crippen LogP contribution is 2.48. The largest absolute Gasteiger partial charge is 0.456 e. The Hall–Kier alpha value is -5.15. The molecule has 3 nitrogen and oxygen atoms in total. The summed E-state index contributed by atoms with van der Waals surface area (Å²) in [5.74, 6) is 2.80. The first kappa shape index (κ1) is 21.9. The first-order valence-electron chi connectivity index (χ1n) is 13.2. The first-order valence-corrected chi connectivity index (χ1v) is 13.2. The molecule has 3 heteroatoms. The fraction of sp³-hybridized carbons (Fsp3) is 0.0278. The van der Waals surface area contributed by atoms with Crippen LogP contribution in [0.5, 0.6) is 11.5 Å². The van der Waals surface area contributed by atoms with E-state index in [-0.39, 0.29) is 0 Å². The van der Waals surface area contributed by atoms with Crippen molar-refractivity contribution in [2.24, 2.45) is 7.05 Å². The van der Waals surface area contributed by atoms with Gasteiger partial charge in [-0.1, -0.05) is 97.1 Å². The van der Waals surface area contributed by atoms with E-state index < -0.39 is 0 Å². The zero-order chi connectivity index (χ0) is 25.9. The van der Waals surface area contributed by atoms with Gasteiger partial charge in [0.25, 0.3) is 0 Å². The Balaban J connectivity index is 1.24. The van der Waals surface area contributed by atoms with Crippen molar-refractivity contribution in [1.29, 1.82) is 0 Å². The summed E-state index contributed by atoms with van der Waals surface area (Å²) in [7, 11) is 2.08. The van der Waals surface area contributed by atoms with Crippen molar-refractivity contribution >= 4 is 21.8 Å². The normalized spacial score (nSPS) is 11.9. The van der Waals surface area contributed by atoms with E-state index in [1.165, 1.54) is 33.0 Å². The lowest BCUT2D eigenvalue weighted by Gasteiger charge is -2.22. The number of aryl methyl sites for hydroxylation is 1. The van der Waals surface area contributed by atoms with Gasteiger partial charge in [-0.25, -0.2) is 4.98 Å². The number of rotatable bonds is 3. The maximum Gasteiger partial charge on any atom is 0.140 e. The Morgan fingerprint density at radius 1 is 0.538 bits per heavy atom. The molecule has 2 heterocycles. The lowest BCUT2D eigenvalue weighted by atomic mass is 9.90. The van der Waals surface area contributed by atoms with Crippen molar-refractivity contribution in [3.05, 3.63) is 127 Å². The summed E-state index contributed by atoms with van der Waals surface area (Å²) in [6, 6.07) is 44.8. The van der Waals surface area contributed by atoms with Gasteiger partial charge in [-0.2, -0.15) is 0 Å². The molecule has 7 aromatic rings. The van der Waals surface area contributed by atoms with Crippen LogP contribution >= 0.6 is 0 Å². The Morgan fingerprint density at radius 3 is 2.21 bits per heavy atom. The van der Waals surface area contributed by atoms with Crippen molar-refractivity contribution in [2.75, 3.05) is 0 Å². The minimum atomic E-state index is 0.910. The average Bonchev–Trinajstić information content (AvgIpc) is 3.33. The summed E-state index contributed by atoms with van der Waals surface area (Å²) in [5, 5.41) is 2.37. The van der Waals surface area contributed by atoms with Gasteiger partial charge in [-0.3, -0.25) is 0 Å². The molecule has 1 aliphatic rings. The van der Waals surface area contributed by atoms with Crippen LogP contribution < -0.4 is 4.74 Å².